The molecule has 1 saturated heterocycles. The lowest BCUT2D eigenvalue weighted by Crippen LogP contribution is -2.34. The van der Waals surface area contributed by atoms with Gasteiger partial charge >= 0.3 is 5.97 Å². The van der Waals surface area contributed by atoms with Gasteiger partial charge in [-0.15, -0.1) is 0 Å². The molecule has 1 fully saturated rings. The van der Waals surface area contributed by atoms with Crippen molar-refractivity contribution in [2.45, 2.75) is 25.4 Å². The standard InChI is InChI=1S/C14H16N2O6/c17-13(18)8-11(12-2-1-7-22-12)14(19)15-9-3-5-10(6-4-9)16(20)21/h3-6,11-12H,1-2,7-8H2,(H,15,19)(H,17,18). The van der Waals surface area contributed by atoms with Crippen molar-refractivity contribution in [2.75, 3.05) is 11.9 Å². The van der Waals surface area contributed by atoms with E-state index in [0.29, 0.717) is 18.7 Å². The predicted octanol–water partition coefficient (Wildman–Crippen LogP) is 1.80. The van der Waals surface area contributed by atoms with E-state index in [1.54, 1.807) is 0 Å². The second kappa shape index (κ2) is 6.99. The summed E-state index contributed by atoms with van der Waals surface area (Å²) in [4.78, 5) is 33.2. The first-order chi connectivity index (χ1) is 10.5. The molecule has 8 nitrogen and oxygen atoms in total. The number of rotatable bonds is 6. The van der Waals surface area contributed by atoms with Gasteiger partial charge in [0.15, 0.2) is 0 Å². The second-order valence-electron chi connectivity index (χ2n) is 5.05. The summed E-state index contributed by atoms with van der Waals surface area (Å²) in [6.45, 7) is 0.519. The van der Waals surface area contributed by atoms with Gasteiger partial charge in [-0.2, -0.15) is 0 Å². The van der Waals surface area contributed by atoms with Crippen molar-refractivity contribution in [1.82, 2.24) is 0 Å². The van der Waals surface area contributed by atoms with Gasteiger partial charge in [0.05, 0.1) is 23.4 Å². The number of nitro groups is 1. The molecule has 0 saturated carbocycles. The number of carboxylic acids is 1. The SMILES string of the molecule is O=C(O)CC(C(=O)Nc1ccc([N+](=O)[O-])cc1)C1CCCO1. The average molecular weight is 308 g/mol. The number of hydrogen-bond acceptors (Lipinski definition) is 5. The zero-order valence-electron chi connectivity index (χ0n) is 11.7. The van der Waals surface area contributed by atoms with E-state index in [-0.39, 0.29) is 12.1 Å². The molecule has 2 unspecified atom stereocenters. The molecule has 118 valence electrons. The Hall–Kier alpha value is -2.48. The molecule has 0 aromatic heterocycles. The Labute approximate surface area is 126 Å². The topological polar surface area (TPSA) is 119 Å². The van der Waals surface area contributed by atoms with Crippen molar-refractivity contribution in [3.05, 3.63) is 34.4 Å². The number of anilines is 1. The fourth-order valence-corrected chi connectivity index (χ4v) is 2.40. The molecule has 1 aromatic carbocycles. The smallest absolute Gasteiger partial charge is 0.304 e. The fraction of sp³-hybridized carbons (Fsp3) is 0.429. The molecular weight excluding hydrogens is 292 g/mol. The van der Waals surface area contributed by atoms with Crippen LogP contribution in [-0.4, -0.2) is 34.6 Å². The zero-order valence-corrected chi connectivity index (χ0v) is 11.7. The summed E-state index contributed by atoms with van der Waals surface area (Å²) in [5, 5.41) is 22.1. The van der Waals surface area contributed by atoms with Crippen LogP contribution in [-0.2, 0) is 14.3 Å². The van der Waals surface area contributed by atoms with Gasteiger partial charge in [0.1, 0.15) is 0 Å². The quantitative estimate of drug-likeness (QED) is 0.611. The zero-order chi connectivity index (χ0) is 16.1. The third kappa shape index (κ3) is 4.01. The molecule has 1 aliphatic heterocycles. The van der Waals surface area contributed by atoms with Crippen LogP contribution in [0.15, 0.2) is 24.3 Å². The molecule has 22 heavy (non-hydrogen) atoms. The van der Waals surface area contributed by atoms with E-state index in [1.165, 1.54) is 24.3 Å². The molecule has 1 amide bonds. The number of ether oxygens (including phenoxy) is 1. The maximum absolute atomic E-state index is 12.3. The lowest BCUT2D eigenvalue weighted by atomic mass is 9.95. The van der Waals surface area contributed by atoms with Crippen molar-refractivity contribution in [2.24, 2.45) is 5.92 Å². The van der Waals surface area contributed by atoms with E-state index >= 15 is 0 Å². The Bertz CT molecular complexity index is 565. The monoisotopic (exact) mass is 308 g/mol. The van der Waals surface area contributed by atoms with Gasteiger partial charge in [-0.3, -0.25) is 19.7 Å². The number of hydrogen-bond donors (Lipinski definition) is 2. The molecule has 8 heteroatoms. The largest absolute Gasteiger partial charge is 0.481 e. The van der Waals surface area contributed by atoms with Crippen LogP contribution in [0, 0.1) is 16.0 Å². The van der Waals surface area contributed by atoms with Gasteiger partial charge in [-0.25, -0.2) is 0 Å². The number of nitro benzene ring substituents is 1. The van der Waals surface area contributed by atoms with Crippen LogP contribution in [0.5, 0.6) is 0 Å². The normalized spacial score (nSPS) is 18.6. The number of nitrogens with zero attached hydrogens (tertiary/aromatic N) is 1. The highest BCUT2D eigenvalue weighted by atomic mass is 16.6. The highest BCUT2D eigenvalue weighted by molar-refractivity contribution is 5.94. The van der Waals surface area contributed by atoms with Gasteiger partial charge in [-0.1, -0.05) is 0 Å². The minimum absolute atomic E-state index is 0.0841. The summed E-state index contributed by atoms with van der Waals surface area (Å²) in [7, 11) is 0. The molecule has 0 aliphatic carbocycles. The number of aliphatic carboxylic acids is 1. The molecule has 0 spiro atoms. The first-order valence-electron chi connectivity index (χ1n) is 6.86. The van der Waals surface area contributed by atoms with Gasteiger partial charge in [-0.05, 0) is 25.0 Å². The summed E-state index contributed by atoms with van der Waals surface area (Å²) in [6.07, 6.45) is 0.718. The van der Waals surface area contributed by atoms with E-state index in [4.69, 9.17) is 9.84 Å². The van der Waals surface area contributed by atoms with Crippen LogP contribution >= 0.6 is 0 Å². The Balaban J connectivity index is 2.06. The summed E-state index contributed by atoms with van der Waals surface area (Å²) in [5.74, 6) is -2.31. The van der Waals surface area contributed by atoms with Crippen molar-refractivity contribution < 1.29 is 24.4 Å². The number of amides is 1. The first kappa shape index (κ1) is 15.9. The van der Waals surface area contributed by atoms with E-state index in [2.05, 4.69) is 5.32 Å². The maximum atomic E-state index is 12.3. The molecule has 2 rings (SSSR count). The van der Waals surface area contributed by atoms with Crippen molar-refractivity contribution in [1.29, 1.82) is 0 Å². The molecule has 1 aliphatic rings. The van der Waals surface area contributed by atoms with E-state index in [9.17, 15) is 19.7 Å². The Morgan fingerprint density at radius 3 is 2.59 bits per heavy atom. The van der Waals surface area contributed by atoms with Crippen molar-refractivity contribution in [3.8, 4) is 0 Å². The summed E-state index contributed by atoms with van der Waals surface area (Å²) in [5.41, 5.74) is 0.295. The Morgan fingerprint density at radius 1 is 1.41 bits per heavy atom. The third-order valence-electron chi connectivity index (χ3n) is 3.49. The minimum Gasteiger partial charge on any atom is -0.481 e. The number of non-ortho nitro benzene ring substituents is 1. The van der Waals surface area contributed by atoms with Gasteiger partial charge in [0.25, 0.3) is 5.69 Å². The van der Waals surface area contributed by atoms with Crippen LogP contribution in [0.2, 0.25) is 0 Å². The number of carboxylic acid groups (broad SMARTS) is 1. The highest BCUT2D eigenvalue weighted by Crippen LogP contribution is 2.25. The van der Waals surface area contributed by atoms with Crippen molar-refractivity contribution in [3.63, 3.8) is 0 Å². The van der Waals surface area contributed by atoms with E-state index < -0.39 is 28.8 Å². The predicted molar refractivity (Wildman–Crippen MR) is 76.4 cm³/mol. The lowest BCUT2D eigenvalue weighted by molar-refractivity contribution is -0.384. The number of benzene rings is 1. The van der Waals surface area contributed by atoms with E-state index in [0.717, 1.165) is 6.42 Å². The average Bonchev–Trinajstić information content (AvgIpc) is 2.99. The van der Waals surface area contributed by atoms with E-state index in [1.807, 2.05) is 0 Å². The van der Waals surface area contributed by atoms with Gasteiger partial charge in [0, 0.05) is 24.4 Å². The number of carbonyl (C=O) groups is 2. The molecule has 1 aromatic rings. The van der Waals surface area contributed by atoms with Gasteiger partial charge in [0.2, 0.25) is 5.91 Å². The summed E-state index contributed by atoms with van der Waals surface area (Å²) >= 11 is 0. The molecule has 0 bridgehead atoms. The number of carbonyl (C=O) groups excluding carboxylic acids is 1. The lowest BCUT2D eigenvalue weighted by Gasteiger charge is -2.20. The molecular formula is C14H16N2O6. The Kier molecular flexibility index (Phi) is 5.05. The van der Waals surface area contributed by atoms with Crippen LogP contribution in [0.1, 0.15) is 19.3 Å². The second-order valence-corrected chi connectivity index (χ2v) is 5.05. The minimum atomic E-state index is -1.07. The molecule has 0 radical (unpaired) electrons. The van der Waals surface area contributed by atoms with Crippen LogP contribution < -0.4 is 5.32 Å². The fourth-order valence-electron chi connectivity index (χ4n) is 2.40. The van der Waals surface area contributed by atoms with Crippen LogP contribution in [0.4, 0.5) is 11.4 Å². The van der Waals surface area contributed by atoms with Crippen LogP contribution in [0.3, 0.4) is 0 Å². The Morgan fingerprint density at radius 2 is 2.09 bits per heavy atom. The maximum Gasteiger partial charge on any atom is 0.304 e. The summed E-state index contributed by atoms with van der Waals surface area (Å²) in [6, 6.07) is 5.36. The first-order valence-corrected chi connectivity index (χ1v) is 6.86. The molecule has 2 N–H and O–H groups in total. The third-order valence-corrected chi connectivity index (χ3v) is 3.49. The van der Waals surface area contributed by atoms with Crippen LogP contribution in [0.25, 0.3) is 0 Å². The van der Waals surface area contributed by atoms with Gasteiger partial charge < -0.3 is 15.2 Å². The summed E-state index contributed by atoms with van der Waals surface area (Å²) < 4.78 is 5.41. The molecule has 1 heterocycles. The molecule has 2 atom stereocenters. The van der Waals surface area contributed by atoms with Crippen molar-refractivity contribution >= 4 is 23.3 Å². The highest BCUT2D eigenvalue weighted by Gasteiger charge is 2.33. The number of nitrogens with one attached hydrogen (secondary N) is 1.